The predicted molar refractivity (Wildman–Crippen MR) is 89.3 cm³/mol. The van der Waals surface area contributed by atoms with Crippen molar-refractivity contribution >= 4 is 49.2 Å². The van der Waals surface area contributed by atoms with Crippen molar-refractivity contribution in [1.82, 2.24) is 9.55 Å². The molecule has 0 aliphatic heterocycles. The number of nitriles is 1. The summed E-state index contributed by atoms with van der Waals surface area (Å²) in [5, 5.41) is 11.2. The van der Waals surface area contributed by atoms with Crippen molar-refractivity contribution in [3.63, 3.8) is 0 Å². The number of hydrogen-bond acceptors (Lipinski definition) is 5. The topological polar surface area (TPSA) is 58.7 Å². The highest BCUT2D eigenvalue weighted by Gasteiger charge is 2.14. The van der Waals surface area contributed by atoms with Gasteiger partial charge in [-0.05, 0) is 35.7 Å². The molecule has 2 heterocycles. The number of benzene rings is 1. The van der Waals surface area contributed by atoms with Gasteiger partial charge in [0.15, 0.2) is 5.16 Å². The second-order valence-corrected chi connectivity index (χ2v) is 6.87. The first-order chi connectivity index (χ1) is 10.2. The number of hydrogen-bond donors (Lipinski definition) is 0. The van der Waals surface area contributed by atoms with Crippen LogP contribution in [0, 0.1) is 11.3 Å². The Balaban J connectivity index is 2.27. The van der Waals surface area contributed by atoms with Crippen LogP contribution in [0.2, 0.25) is 0 Å². The average Bonchev–Trinajstić information content (AvgIpc) is 2.95. The van der Waals surface area contributed by atoms with Crippen molar-refractivity contribution < 1.29 is 0 Å². The summed E-state index contributed by atoms with van der Waals surface area (Å²) in [5.41, 5.74) is 1.32. The third-order valence-electron chi connectivity index (χ3n) is 2.80. The van der Waals surface area contributed by atoms with Gasteiger partial charge in [0, 0.05) is 4.47 Å². The molecule has 1 aromatic carbocycles. The number of fused-ring (bicyclic) bond motifs is 1. The van der Waals surface area contributed by atoms with E-state index in [0.717, 1.165) is 10.2 Å². The van der Waals surface area contributed by atoms with E-state index in [0.29, 0.717) is 15.4 Å². The molecule has 2 aromatic heterocycles. The van der Waals surface area contributed by atoms with E-state index in [4.69, 9.17) is 5.26 Å². The Morgan fingerprint density at radius 3 is 2.81 bits per heavy atom. The number of thiophene rings is 1. The van der Waals surface area contributed by atoms with Crippen LogP contribution < -0.4 is 5.56 Å². The molecule has 0 amide bonds. The number of rotatable bonds is 3. The van der Waals surface area contributed by atoms with E-state index in [1.54, 1.807) is 4.57 Å². The molecule has 0 unspecified atom stereocenters. The van der Waals surface area contributed by atoms with Crippen LogP contribution in [0.5, 0.6) is 0 Å². The molecule has 0 bridgehead atoms. The van der Waals surface area contributed by atoms with Crippen LogP contribution in [0.1, 0.15) is 0 Å². The molecule has 21 heavy (non-hydrogen) atoms. The Bertz CT molecular complexity index is 893. The van der Waals surface area contributed by atoms with Crippen molar-refractivity contribution in [2.45, 2.75) is 5.16 Å². The molecule has 0 aliphatic rings. The molecule has 4 nitrogen and oxygen atoms in total. The maximum atomic E-state index is 12.7. The van der Waals surface area contributed by atoms with Gasteiger partial charge in [0.1, 0.15) is 4.70 Å². The maximum Gasteiger partial charge on any atom is 0.276 e. The summed E-state index contributed by atoms with van der Waals surface area (Å²) in [5.74, 6) is 0.249. The van der Waals surface area contributed by atoms with E-state index in [9.17, 15) is 4.79 Å². The lowest BCUT2D eigenvalue weighted by atomic mass is 10.3. The second kappa shape index (κ2) is 6.02. The summed E-state index contributed by atoms with van der Waals surface area (Å²) in [4.78, 5) is 17.2. The van der Waals surface area contributed by atoms with E-state index in [1.807, 2.05) is 35.7 Å². The van der Waals surface area contributed by atoms with Gasteiger partial charge in [-0.25, -0.2) is 4.98 Å². The minimum absolute atomic E-state index is 0.0993. The summed E-state index contributed by atoms with van der Waals surface area (Å²) >= 11 is 6.02. The van der Waals surface area contributed by atoms with Crippen LogP contribution >= 0.6 is 39.0 Å². The highest BCUT2D eigenvalue weighted by Crippen LogP contribution is 2.24. The SMILES string of the molecule is N#CCSc1nc2ccsc2c(=O)n1-c1ccc(Br)cc1. The molecule has 0 atom stereocenters. The van der Waals surface area contributed by atoms with Gasteiger partial charge in [-0.15, -0.1) is 11.3 Å². The Labute approximate surface area is 137 Å². The zero-order valence-electron chi connectivity index (χ0n) is 10.6. The Hall–Kier alpha value is -1.62. The van der Waals surface area contributed by atoms with Crippen molar-refractivity contribution in [3.05, 3.63) is 50.5 Å². The van der Waals surface area contributed by atoms with Gasteiger partial charge in [-0.1, -0.05) is 27.7 Å². The van der Waals surface area contributed by atoms with E-state index in [-0.39, 0.29) is 11.3 Å². The minimum atomic E-state index is -0.0993. The van der Waals surface area contributed by atoms with Gasteiger partial charge in [0.25, 0.3) is 5.56 Å². The predicted octanol–water partition coefficient (Wildman–Crippen LogP) is 3.83. The zero-order chi connectivity index (χ0) is 14.8. The standard InChI is InChI=1S/C14H8BrN3OS2/c15-9-1-3-10(4-2-9)18-13(19)12-11(5-7-20-12)17-14(18)21-8-6-16/h1-5,7H,8H2. The molecule has 0 saturated carbocycles. The summed E-state index contributed by atoms with van der Waals surface area (Å²) in [6.07, 6.45) is 0. The van der Waals surface area contributed by atoms with Gasteiger partial charge in [-0.3, -0.25) is 9.36 Å². The third-order valence-corrected chi connectivity index (χ3v) is 5.03. The number of aromatic nitrogens is 2. The van der Waals surface area contributed by atoms with Crippen LogP contribution in [-0.4, -0.2) is 15.3 Å². The summed E-state index contributed by atoms with van der Waals surface area (Å²) in [7, 11) is 0. The molecule has 0 spiro atoms. The average molecular weight is 378 g/mol. The first kappa shape index (κ1) is 14.3. The summed E-state index contributed by atoms with van der Waals surface area (Å²) < 4.78 is 3.13. The second-order valence-electron chi connectivity index (χ2n) is 4.09. The smallest absolute Gasteiger partial charge is 0.267 e. The van der Waals surface area contributed by atoms with Crippen LogP contribution in [0.25, 0.3) is 15.9 Å². The van der Waals surface area contributed by atoms with Crippen LogP contribution in [-0.2, 0) is 0 Å². The number of thioether (sulfide) groups is 1. The zero-order valence-corrected chi connectivity index (χ0v) is 13.8. The first-order valence-electron chi connectivity index (χ1n) is 5.96. The highest BCUT2D eigenvalue weighted by molar-refractivity contribution is 9.10. The lowest BCUT2D eigenvalue weighted by Crippen LogP contribution is -2.20. The molecule has 0 N–H and O–H groups in total. The lowest BCUT2D eigenvalue weighted by molar-refractivity contribution is 0.823. The molecular formula is C14H8BrN3OS2. The van der Waals surface area contributed by atoms with Crippen molar-refractivity contribution in [2.75, 3.05) is 5.75 Å². The molecule has 3 rings (SSSR count). The molecular weight excluding hydrogens is 370 g/mol. The van der Waals surface area contributed by atoms with E-state index in [2.05, 4.69) is 27.0 Å². The number of halogens is 1. The van der Waals surface area contributed by atoms with Crippen molar-refractivity contribution in [3.8, 4) is 11.8 Å². The molecule has 3 aromatic rings. The van der Waals surface area contributed by atoms with Crippen molar-refractivity contribution in [2.24, 2.45) is 0 Å². The quantitative estimate of drug-likeness (QED) is 0.514. The van der Waals surface area contributed by atoms with Crippen molar-refractivity contribution in [1.29, 1.82) is 5.26 Å². The molecule has 7 heteroatoms. The fourth-order valence-corrected chi connectivity index (χ4v) is 3.60. The Morgan fingerprint density at radius 1 is 1.33 bits per heavy atom. The third kappa shape index (κ3) is 2.75. The van der Waals surface area contributed by atoms with E-state index < -0.39 is 0 Å². The first-order valence-corrected chi connectivity index (χ1v) is 8.62. The van der Waals surface area contributed by atoms with Gasteiger partial charge in [0.05, 0.1) is 23.0 Å². The highest BCUT2D eigenvalue weighted by atomic mass is 79.9. The largest absolute Gasteiger partial charge is 0.276 e. The molecule has 104 valence electrons. The molecule has 0 radical (unpaired) electrons. The summed E-state index contributed by atoms with van der Waals surface area (Å²) in [6.45, 7) is 0. The lowest BCUT2D eigenvalue weighted by Gasteiger charge is -2.11. The van der Waals surface area contributed by atoms with Gasteiger partial charge in [0.2, 0.25) is 0 Å². The molecule has 0 fully saturated rings. The Morgan fingerprint density at radius 2 is 2.10 bits per heavy atom. The van der Waals surface area contributed by atoms with Crippen LogP contribution in [0.3, 0.4) is 0 Å². The van der Waals surface area contributed by atoms with Crippen LogP contribution in [0.4, 0.5) is 0 Å². The van der Waals surface area contributed by atoms with E-state index in [1.165, 1.54) is 23.1 Å². The number of nitrogens with zero attached hydrogens (tertiary/aromatic N) is 3. The Kier molecular flexibility index (Phi) is 4.10. The fraction of sp³-hybridized carbons (Fsp3) is 0.0714. The van der Waals surface area contributed by atoms with E-state index >= 15 is 0 Å². The summed E-state index contributed by atoms with van der Waals surface area (Å²) in [6, 6.07) is 11.3. The minimum Gasteiger partial charge on any atom is -0.267 e. The maximum absolute atomic E-state index is 12.7. The monoisotopic (exact) mass is 377 g/mol. The fourth-order valence-electron chi connectivity index (χ4n) is 1.90. The normalized spacial score (nSPS) is 10.7. The van der Waals surface area contributed by atoms with Gasteiger partial charge in [-0.2, -0.15) is 5.26 Å². The van der Waals surface area contributed by atoms with Gasteiger partial charge >= 0.3 is 0 Å². The van der Waals surface area contributed by atoms with Crippen LogP contribution in [0.15, 0.2) is 50.1 Å². The molecule has 0 saturated heterocycles. The molecule has 0 aliphatic carbocycles. The van der Waals surface area contributed by atoms with Gasteiger partial charge < -0.3 is 0 Å².